The number of hydrogen-bond acceptors (Lipinski definition) is 19. The van der Waals surface area contributed by atoms with E-state index in [0.29, 0.717) is 0 Å². The highest BCUT2D eigenvalue weighted by molar-refractivity contribution is 5.06. The van der Waals surface area contributed by atoms with Crippen molar-refractivity contribution in [3.05, 3.63) is 235 Å². The highest BCUT2D eigenvalue weighted by atomic mass is 15.4. The molecule has 0 amide bonds. The number of aryl methyl sites for hydroxylation is 11. The van der Waals surface area contributed by atoms with Gasteiger partial charge in [-0.15, -0.1) is 5.10 Å². The molecule has 23 heteroatoms. The van der Waals surface area contributed by atoms with E-state index in [-0.39, 0.29) is 111 Å². The van der Waals surface area contributed by atoms with Gasteiger partial charge in [0.1, 0.15) is 12.2 Å². The zero-order valence-electron chi connectivity index (χ0n) is 65.2. The zero-order chi connectivity index (χ0) is 75.4. The molecule has 11 aromatic heterocycles. The van der Waals surface area contributed by atoms with E-state index in [0.717, 1.165) is 45.6 Å². The predicted molar refractivity (Wildman–Crippen MR) is 504 cm³/mol. The van der Waals surface area contributed by atoms with E-state index in [1.165, 1.54) is 17.5 Å². The van der Waals surface area contributed by atoms with Gasteiger partial charge in [0.15, 0.2) is 0 Å². The third kappa shape index (κ3) is 169. The van der Waals surface area contributed by atoms with Crippen LogP contribution in [0.15, 0.2) is 178 Å². The van der Waals surface area contributed by atoms with Gasteiger partial charge in [-0.1, -0.05) is 281 Å². The van der Waals surface area contributed by atoms with E-state index in [2.05, 4.69) is 112 Å². The molecular weight excluding hydrogens is 1370 g/mol. The van der Waals surface area contributed by atoms with Crippen molar-refractivity contribution in [3.63, 3.8) is 0 Å². The summed E-state index contributed by atoms with van der Waals surface area (Å²) in [6.45, 7) is 63.4. The first kappa shape index (κ1) is 179. The van der Waals surface area contributed by atoms with Crippen molar-refractivity contribution >= 4 is 0 Å². The minimum Gasteiger partial charge on any atom is -0.265 e. The van der Waals surface area contributed by atoms with Crippen LogP contribution in [-0.4, -0.2) is 117 Å². The fourth-order valence-corrected chi connectivity index (χ4v) is 3.83. The van der Waals surface area contributed by atoms with Crippen LogP contribution in [0.25, 0.3) is 0 Å². The minimum absolute atomic E-state index is 0. The van der Waals surface area contributed by atoms with Crippen LogP contribution in [0.3, 0.4) is 0 Å². The molecule has 11 rings (SSSR count). The first-order valence-corrected chi connectivity index (χ1v) is 33.2. The van der Waals surface area contributed by atoms with Crippen LogP contribution in [0.2, 0.25) is 0 Å². The maximum absolute atomic E-state index is 3.98. The summed E-state index contributed by atoms with van der Waals surface area (Å²) in [7, 11) is 1.83. The Morgan fingerprint density at radius 1 is 0.255 bits per heavy atom. The average Bonchev–Trinajstić information content (AvgIpc) is 2.02. The van der Waals surface area contributed by atoms with Crippen LogP contribution in [0.4, 0.5) is 0 Å². The number of nitrogens with one attached hydrogen (secondary N) is 3. The van der Waals surface area contributed by atoms with Gasteiger partial charge in [0, 0.05) is 86.6 Å². The number of hydrogen-bond donors (Lipinski definition) is 3. The smallest absolute Gasteiger partial charge is 0.125 e. The topological polar surface area (TPSA) is 297 Å². The maximum Gasteiger partial charge on any atom is 0.125 e. The molecule has 0 atom stereocenters. The van der Waals surface area contributed by atoms with E-state index in [1.54, 1.807) is 104 Å². The van der Waals surface area contributed by atoms with E-state index < -0.39 is 0 Å². The number of rotatable bonds is 0. The average molecular weight is 1560 g/mol. The summed E-state index contributed by atoms with van der Waals surface area (Å²) in [4.78, 5) is 27.0. The second-order valence-corrected chi connectivity index (χ2v) is 14.4. The molecule has 0 unspecified atom stereocenters. The van der Waals surface area contributed by atoms with Crippen molar-refractivity contribution in [2.75, 3.05) is 0 Å². The standard InChI is InChI=1S/3C6H7N.4C5H6N2.4C3H5N3.11C2H6.15CH4/c1-6-2-4-7-5-3-6;1-6-3-2-4-7-5-6;1-6-4-2-3-5-7-6;1-5-2-3-6-4-7-5;1-5-2-3-6-7-4-5;1-5-6-3-2-4-7-5;1-5-3-2-4-6-7-5;1-6-3-2-4-5-6;3*1-3-2-4-6-5-3;11*1-2;;;;;;;;;;;;;;;/h3*2-5H,1H3;4*2-4H,1H3;2-3H,1H3;3*2H,1H3,(H,4,5,6);11*1-2H3;15*1H4. The van der Waals surface area contributed by atoms with Crippen molar-refractivity contribution in [3.8, 4) is 0 Å². The molecule has 23 nitrogen and oxygen atoms in total. The summed E-state index contributed by atoms with van der Waals surface area (Å²) >= 11 is 0. The highest BCUT2D eigenvalue weighted by Crippen LogP contribution is 1.91. The molecule has 110 heavy (non-hydrogen) atoms. The Kier molecular flexibility index (Phi) is 283. The number of aromatic amines is 3. The normalized spacial score (nSPS) is 6.41. The Bertz CT molecular complexity index is 2260. The second-order valence-electron chi connectivity index (χ2n) is 14.4. The van der Waals surface area contributed by atoms with Crippen molar-refractivity contribution in [1.82, 2.24) is 117 Å². The van der Waals surface area contributed by atoms with Crippen molar-refractivity contribution < 1.29 is 0 Å². The van der Waals surface area contributed by atoms with Crippen LogP contribution >= 0.6 is 0 Å². The number of aromatic nitrogens is 23. The van der Waals surface area contributed by atoms with E-state index in [4.69, 9.17) is 0 Å². The third-order valence-electron chi connectivity index (χ3n) is 7.48. The lowest BCUT2D eigenvalue weighted by Crippen LogP contribution is -1.85. The molecule has 11 aromatic rings. The fraction of sp³-hybridized carbons (Fsp3) is 0.552. The third-order valence-corrected chi connectivity index (χ3v) is 7.48. The fourth-order valence-electron chi connectivity index (χ4n) is 3.83. The lowest BCUT2D eigenvalue weighted by Gasteiger charge is -1.82. The Labute approximate surface area is 688 Å². The molecule has 0 aliphatic heterocycles. The summed E-state index contributed by atoms with van der Waals surface area (Å²) in [6.07, 6.45) is 29.2. The van der Waals surface area contributed by atoms with Crippen LogP contribution in [0, 0.1) is 69.2 Å². The molecule has 3 N–H and O–H groups in total. The predicted octanol–water partition coefficient (Wildman–Crippen LogP) is 28.3. The molecule has 11 heterocycles. The van der Waals surface area contributed by atoms with E-state index >= 15 is 0 Å². The molecule has 0 saturated heterocycles. The molecule has 0 radical (unpaired) electrons. The van der Waals surface area contributed by atoms with Gasteiger partial charge < -0.3 is 0 Å². The lowest BCUT2D eigenvalue weighted by molar-refractivity contribution is 0.715. The quantitative estimate of drug-likeness (QED) is 0.127. The molecule has 0 fully saturated rings. The summed E-state index contributed by atoms with van der Waals surface area (Å²) in [5.74, 6) is 0.822. The van der Waals surface area contributed by atoms with Gasteiger partial charge in [-0.3, -0.25) is 19.6 Å². The summed E-state index contributed by atoms with van der Waals surface area (Å²) in [6, 6.07) is 23.1. The minimum atomic E-state index is 0. The molecule has 0 saturated carbocycles. The molecule has 0 aliphatic carbocycles. The van der Waals surface area contributed by atoms with E-state index in [1.807, 2.05) is 302 Å². The summed E-state index contributed by atoms with van der Waals surface area (Å²) in [5.41, 5.74) is 9.44. The highest BCUT2D eigenvalue weighted by Gasteiger charge is 1.81. The number of nitrogens with zero attached hydrogens (tertiary/aromatic N) is 20. The molecule has 0 bridgehead atoms. The number of H-pyrrole nitrogens is 3. The Balaban J connectivity index is -0.0000000283. The summed E-state index contributed by atoms with van der Waals surface area (Å²) in [5, 5.41) is 50.8. The molecular formula is C87H191N23. The van der Waals surface area contributed by atoms with Gasteiger partial charge in [-0.05, 0) is 147 Å². The molecule has 0 aromatic carbocycles. The molecule has 654 valence electrons. The Morgan fingerprint density at radius 2 is 0.627 bits per heavy atom. The van der Waals surface area contributed by atoms with Gasteiger partial charge in [0.2, 0.25) is 0 Å². The van der Waals surface area contributed by atoms with E-state index in [9.17, 15) is 0 Å². The van der Waals surface area contributed by atoms with Gasteiger partial charge in [0.05, 0.1) is 53.8 Å². The molecule has 0 aliphatic rings. The van der Waals surface area contributed by atoms with Gasteiger partial charge in [-0.25, -0.2) is 19.9 Å². The lowest BCUT2D eigenvalue weighted by atomic mass is 10.3. The van der Waals surface area contributed by atoms with Crippen molar-refractivity contribution in [1.29, 1.82) is 0 Å². The van der Waals surface area contributed by atoms with Gasteiger partial charge in [-0.2, -0.15) is 66.6 Å². The first-order valence-electron chi connectivity index (χ1n) is 33.2. The molecule has 0 spiro atoms. The van der Waals surface area contributed by atoms with Crippen LogP contribution < -0.4 is 0 Å². The van der Waals surface area contributed by atoms with Crippen LogP contribution in [-0.2, 0) is 7.05 Å². The second kappa shape index (κ2) is 174. The van der Waals surface area contributed by atoms with Gasteiger partial charge in [0.25, 0.3) is 0 Å². The van der Waals surface area contributed by atoms with Gasteiger partial charge >= 0.3 is 0 Å². The summed E-state index contributed by atoms with van der Waals surface area (Å²) < 4.78 is 1.64. The van der Waals surface area contributed by atoms with Crippen molar-refractivity contribution in [2.45, 2.75) is 333 Å². The SMILES string of the molecule is C.C.C.C.C.C.C.C.C.C.C.C.C.C.C.CC.CC.CC.CC.CC.CC.CC.CC.CC.CC.CC.Cc1ccccn1.Cc1cccnc1.Cc1cccnn1.Cc1ccncc1.Cc1ccncn1.Cc1ccnnc1.Cc1cn[nH]n1.Cc1cn[nH]n1.Cc1cn[nH]n1.Cc1ncccn1.Cn1ccnn1. The number of pyridine rings is 3. The van der Waals surface area contributed by atoms with Crippen LogP contribution in [0.5, 0.6) is 0 Å². The van der Waals surface area contributed by atoms with Crippen molar-refractivity contribution in [2.24, 2.45) is 7.05 Å². The Hall–Kier alpha value is -9.67. The maximum atomic E-state index is 3.98. The Morgan fingerprint density at radius 3 is 0.773 bits per heavy atom. The first-order chi connectivity index (χ1) is 46.3. The zero-order valence-corrected chi connectivity index (χ0v) is 65.2. The van der Waals surface area contributed by atoms with Crippen LogP contribution in [0.1, 0.15) is 320 Å². The largest absolute Gasteiger partial charge is 0.265 e. The monoisotopic (exact) mass is 1560 g/mol.